The highest BCUT2D eigenvalue weighted by atomic mass is 16.6. The van der Waals surface area contributed by atoms with Crippen LogP contribution in [-0.4, -0.2) is 52.9 Å². The van der Waals surface area contributed by atoms with Crippen LogP contribution in [0.2, 0.25) is 0 Å². The van der Waals surface area contributed by atoms with E-state index in [-0.39, 0.29) is 11.6 Å². The maximum atomic E-state index is 12.4. The number of methoxy groups -OCH3 is 1. The predicted molar refractivity (Wildman–Crippen MR) is 90.8 cm³/mol. The van der Waals surface area contributed by atoms with Gasteiger partial charge in [-0.2, -0.15) is 5.10 Å². The van der Waals surface area contributed by atoms with Crippen LogP contribution in [0.25, 0.3) is 5.69 Å². The molecule has 1 aliphatic heterocycles. The third-order valence-electron chi connectivity index (χ3n) is 4.16. The summed E-state index contributed by atoms with van der Waals surface area (Å²) < 4.78 is 12.1. The van der Waals surface area contributed by atoms with Gasteiger partial charge in [0.2, 0.25) is 5.69 Å². The minimum absolute atomic E-state index is 0.0485. The van der Waals surface area contributed by atoms with E-state index in [4.69, 9.17) is 9.47 Å². The molecule has 0 saturated carbocycles. The second-order valence-corrected chi connectivity index (χ2v) is 5.91. The highest BCUT2D eigenvalue weighted by molar-refractivity contribution is 5.93. The van der Waals surface area contributed by atoms with Crippen molar-refractivity contribution >= 4 is 11.9 Å². The lowest BCUT2D eigenvalue weighted by atomic mass is 10.3. The molecule has 0 spiro atoms. The molecule has 7 heteroatoms. The largest absolute Gasteiger partial charge is 0.493 e. The number of hydrogen-bond acceptors (Lipinski definition) is 5. The van der Waals surface area contributed by atoms with Crippen molar-refractivity contribution in [3.63, 3.8) is 0 Å². The first-order valence-corrected chi connectivity index (χ1v) is 8.29. The van der Waals surface area contributed by atoms with Gasteiger partial charge in [-0.25, -0.2) is 9.48 Å². The molecule has 132 valence electrons. The van der Waals surface area contributed by atoms with Crippen molar-refractivity contribution < 1.29 is 19.1 Å². The van der Waals surface area contributed by atoms with Crippen molar-refractivity contribution in [2.24, 2.45) is 0 Å². The van der Waals surface area contributed by atoms with Crippen LogP contribution in [0, 0.1) is 0 Å². The lowest BCUT2D eigenvalue weighted by molar-refractivity contribution is -0.138. The average molecular weight is 343 g/mol. The van der Waals surface area contributed by atoms with Gasteiger partial charge in [-0.1, -0.05) is 18.2 Å². The van der Waals surface area contributed by atoms with E-state index in [1.807, 2.05) is 30.3 Å². The normalized spacial score (nSPS) is 15.0. The third kappa shape index (κ3) is 3.65. The summed E-state index contributed by atoms with van der Waals surface area (Å²) in [4.78, 5) is 26.5. The van der Waals surface area contributed by atoms with Gasteiger partial charge in [0.05, 0.1) is 19.0 Å². The Hall–Kier alpha value is -2.83. The van der Waals surface area contributed by atoms with Crippen molar-refractivity contribution in [1.82, 2.24) is 14.7 Å². The SMILES string of the molecule is COc1cn(-c2ccccc2)nc1C(=O)O[C@@H](C)C(=O)N1CCCC1. The van der Waals surface area contributed by atoms with E-state index in [0.717, 1.165) is 18.5 Å². The Morgan fingerprint density at radius 3 is 2.48 bits per heavy atom. The van der Waals surface area contributed by atoms with Crippen LogP contribution in [-0.2, 0) is 9.53 Å². The molecule has 2 aromatic rings. The van der Waals surface area contributed by atoms with E-state index in [1.165, 1.54) is 7.11 Å². The predicted octanol–water partition coefficient (Wildman–Crippen LogP) is 2.05. The summed E-state index contributed by atoms with van der Waals surface area (Å²) in [6.07, 6.45) is 2.74. The number of likely N-dealkylation sites (tertiary alicyclic amines) is 1. The van der Waals surface area contributed by atoms with Crippen molar-refractivity contribution in [3.8, 4) is 11.4 Å². The molecular formula is C18H21N3O4. The third-order valence-corrected chi connectivity index (χ3v) is 4.16. The minimum atomic E-state index is -0.850. The Morgan fingerprint density at radius 2 is 1.84 bits per heavy atom. The van der Waals surface area contributed by atoms with Crippen LogP contribution >= 0.6 is 0 Å². The summed E-state index contributed by atoms with van der Waals surface area (Å²) in [6.45, 7) is 3.01. The molecule has 25 heavy (non-hydrogen) atoms. The van der Waals surface area contributed by atoms with E-state index in [0.29, 0.717) is 18.8 Å². The molecule has 0 aliphatic carbocycles. The number of carbonyl (C=O) groups is 2. The first-order chi connectivity index (χ1) is 12.1. The number of aromatic nitrogens is 2. The molecular weight excluding hydrogens is 322 g/mol. The quantitative estimate of drug-likeness (QED) is 0.777. The van der Waals surface area contributed by atoms with Crippen molar-refractivity contribution in [2.45, 2.75) is 25.9 Å². The van der Waals surface area contributed by atoms with E-state index in [9.17, 15) is 9.59 Å². The Balaban J connectivity index is 1.75. The number of para-hydroxylation sites is 1. The maximum Gasteiger partial charge on any atom is 0.363 e. The van der Waals surface area contributed by atoms with Gasteiger partial charge < -0.3 is 14.4 Å². The molecule has 1 atom stereocenters. The standard InChI is InChI=1S/C18H21N3O4/c1-13(17(22)20-10-6-7-11-20)25-18(23)16-15(24-2)12-21(19-16)14-8-4-3-5-9-14/h3-5,8-9,12-13H,6-7,10-11H2,1-2H3/t13-/m0/s1. The molecule has 2 heterocycles. The summed E-state index contributed by atoms with van der Waals surface area (Å²) >= 11 is 0. The minimum Gasteiger partial charge on any atom is -0.493 e. The van der Waals surface area contributed by atoms with Gasteiger partial charge in [0, 0.05) is 13.1 Å². The van der Waals surface area contributed by atoms with Crippen LogP contribution in [0.4, 0.5) is 0 Å². The fourth-order valence-corrected chi connectivity index (χ4v) is 2.82. The Labute approximate surface area is 146 Å². The molecule has 1 amide bonds. The second-order valence-electron chi connectivity index (χ2n) is 5.91. The summed E-state index contributed by atoms with van der Waals surface area (Å²) in [5, 5.41) is 4.25. The highest BCUT2D eigenvalue weighted by Crippen LogP contribution is 2.21. The number of ether oxygens (including phenoxy) is 2. The van der Waals surface area contributed by atoms with Crippen molar-refractivity contribution in [1.29, 1.82) is 0 Å². The molecule has 1 aromatic heterocycles. The van der Waals surface area contributed by atoms with Crippen LogP contribution in [0.1, 0.15) is 30.3 Å². The molecule has 1 aromatic carbocycles. The van der Waals surface area contributed by atoms with E-state index >= 15 is 0 Å². The molecule has 0 unspecified atom stereocenters. The molecule has 1 aliphatic rings. The summed E-state index contributed by atoms with van der Waals surface area (Å²) in [5.74, 6) is -0.548. The molecule has 0 N–H and O–H groups in total. The fraction of sp³-hybridized carbons (Fsp3) is 0.389. The zero-order valence-electron chi connectivity index (χ0n) is 14.3. The van der Waals surface area contributed by atoms with Crippen LogP contribution < -0.4 is 4.74 Å². The van der Waals surface area contributed by atoms with Crippen LogP contribution in [0.15, 0.2) is 36.5 Å². The lowest BCUT2D eigenvalue weighted by Crippen LogP contribution is -2.38. The monoisotopic (exact) mass is 343 g/mol. The number of benzene rings is 1. The van der Waals surface area contributed by atoms with E-state index in [1.54, 1.807) is 22.7 Å². The maximum absolute atomic E-state index is 12.4. The van der Waals surface area contributed by atoms with Crippen molar-refractivity contribution in [2.75, 3.05) is 20.2 Å². The topological polar surface area (TPSA) is 73.7 Å². The van der Waals surface area contributed by atoms with E-state index in [2.05, 4.69) is 5.10 Å². The molecule has 3 rings (SSSR count). The smallest absolute Gasteiger partial charge is 0.363 e. The molecule has 0 radical (unpaired) electrons. The number of esters is 1. The van der Waals surface area contributed by atoms with Gasteiger partial charge in [0.25, 0.3) is 5.91 Å². The average Bonchev–Trinajstić information content (AvgIpc) is 3.31. The number of amides is 1. The van der Waals surface area contributed by atoms with Crippen LogP contribution in [0.5, 0.6) is 5.75 Å². The van der Waals surface area contributed by atoms with Gasteiger partial charge in [-0.05, 0) is 31.9 Å². The summed E-state index contributed by atoms with van der Waals surface area (Å²) in [7, 11) is 1.46. The zero-order chi connectivity index (χ0) is 17.8. The van der Waals surface area contributed by atoms with E-state index < -0.39 is 12.1 Å². The number of rotatable bonds is 5. The molecule has 1 fully saturated rings. The molecule has 7 nitrogen and oxygen atoms in total. The summed E-state index contributed by atoms with van der Waals surface area (Å²) in [5.41, 5.74) is 0.841. The van der Waals surface area contributed by atoms with Crippen LogP contribution in [0.3, 0.4) is 0 Å². The Morgan fingerprint density at radius 1 is 1.16 bits per heavy atom. The molecule has 1 saturated heterocycles. The lowest BCUT2D eigenvalue weighted by Gasteiger charge is -2.20. The Bertz CT molecular complexity index is 751. The molecule has 0 bridgehead atoms. The zero-order valence-corrected chi connectivity index (χ0v) is 14.3. The first-order valence-electron chi connectivity index (χ1n) is 8.29. The Kier molecular flexibility index (Phi) is 5.02. The number of carbonyl (C=O) groups excluding carboxylic acids is 2. The van der Waals surface area contributed by atoms with Gasteiger partial charge in [0.15, 0.2) is 11.9 Å². The fourth-order valence-electron chi connectivity index (χ4n) is 2.82. The number of nitrogens with zero attached hydrogens (tertiary/aromatic N) is 3. The summed E-state index contributed by atoms with van der Waals surface area (Å²) in [6, 6.07) is 9.36. The van der Waals surface area contributed by atoms with Gasteiger partial charge in [-0.3, -0.25) is 4.79 Å². The van der Waals surface area contributed by atoms with Gasteiger partial charge in [-0.15, -0.1) is 0 Å². The van der Waals surface area contributed by atoms with Gasteiger partial charge >= 0.3 is 5.97 Å². The number of hydrogen-bond donors (Lipinski definition) is 0. The second kappa shape index (κ2) is 7.38. The first kappa shape index (κ1) is 17.0. The van der Waals surface area contributed by atoms with Crippen molar-refractivity contribution in [3.05, 3.63) is 42.2 Å². The van der Waals surface area contributed by atoms with Gasteiger partial charge in [0.1, 0.15) is 0 Å². The highest BCUT2D eigenvalue weighted by Gasteiger charge is 2.28.